The van der Waals surface area contributed by atoms with Gasteiger partial charge in [0.05, 0.1) is 0 Å². The molecule has 1 unspecified atom stereocenters. The maximum atomic E-state index is 13.0. The molecule has 1 atom stereocenters. The second-order valence-electron chi connectivity index (χ2n) is 24.8. The van der Waals surface area contributed by atoms with Gasteiger partial charge in [-0.2, -0.15) is 0 Å². The third-order valence-corrected chi connectivity index (χ3v) is 16.6. The number of rotatable bonds is 68. The van der Waals surface area contributed by atoms with Crippen molar-refractivity contribution < 1.29 is 28.6 Å². The van der Waals surface area contributed by atoms with E-state index in [-0.39, 0.29) is 31.1 Å². The molecule has 0 saturated heterocycles. The van der Waals surface area contributed by atoms with Crippen molar-refractivity contribution in [3.63, 3.8) is 0 Å². The fourth-order valence-corrected chi connectivity index (χ4v) is 11.1. The summed E-state index contributed by atoms with van der Waals surface area (Å²) in [6, 6.07) is 0. The Balaban J connectivity index is 4.23. The molecule has 0 amide bonds. The summed E-state index contributed by atoms with van der Waals surface area (Å²) in [4.78, 5) is 38.5. The van der Waals surface area contributed by atoms with E-state index in [1.165, 1.54) is 276 Å². The van der Waals surface area contributed by atoms with Crippen LogP contribution < -0.4 is 0 Å². The Hall–Kier alpha value is -2.63. The van der Waals surface area contributed by atoms with Crippen molar-refractivity contribution in [2.75, 3.05) is 13.2 Å². The van der Waals surface area contributed by atoms with Gasteiger partial charge in [-0.05, 0) is 57.8 Å². The van der Waals surface area contributed by atoms with E-state index in [0.29, 0.717) is 19.3 Å². The van der Waals surface area contributed by atoms with Crippen LogP contribution in [0.25, 0.3) is 0 Å². The molecule has 0 aliphatic carbocycles. The maximum Gasteiger partial charge on any atom is 0.306 e. The fraction of sp³-hybridized carbons (Fsp3) is 0.855. The van der Waals surface area contributed by atoms with Crippen LogP contribution in [-0.4, -0.2) is 37.2 Å². The molecule has 0 fully saturated rings. The van der Waals surface area contributed by atoms with E-state index in [4.69, 9.17) is 14.2 Å². The highest BCUT2D eigenvalue weighted by atomic mass is 16.6. The molecule has 82 heavy (non-hydrogen) atoms. The summed E-state index contributed by atoms with van der Waals surface area (Å²) in [7, 11) is 0. The molecule has 6 heteroatoms. The highest BCUT2D eigenvalue weighted by molar-refractivity contribution is 5.71. The SMILES string of the molecule is CC/C=C\C/C=C\C/C=C\C/C=C\CCCCCCCCCCCCC(=O)OC(COC(=O)CCCCCCCCCCCCCCCC)COC(=O)CCCCCCCCCCCCCCCCCCCCCCCCCCCCC. The number of unbranched alkanes of at least 4 members (excludes halogenated alkanes) is 49. The lowest BCUT2D eigenvalue weighted by atomic mass is 10.0. The molecule has 6 nitrogen and oxygen atoms in total. The van der Waals surface area contributed by atoms with Crippen LogP contribution in [0, 0.1) is 0 Å². The van der Waals surface area contributed by atoms with Crippen molar-refractivity contribution in [3.05, 3.63) is 48.6 Å². The monoisotopic (exact) mass is 1150 g/mol. The maximum absolute atomic E-state index is 13.0. The first-order chi connectivity index (χ1) is 40.5. The van der Waals surface area contributed by atoms with Crippen molar-refractivity contribution in [1.29, 1.82) is 0 Å². The Labute approximate surface area is 511 Å². The highest BCUT2D eigenvalue weighted by Crippen LogP contribution is 2.19. The zero-order valence-electron chi connectivity index (χ0n) is 55.3. The van der Waals surface area contributed by atoms with E-state index in [2.05, 4.69) is 69.4 Å². The van der Waals surface area contributed by atoms with Gasteiger partial charge in [0.25, 0.3) is 0 Å². The van der Waals surface area contributed by atoms with Crippen LogP contribution in [0.1, 0.15) is 400 Å². The summed E-state index contributed by atoms with van der Waals surface area (Å²) in [6.07, 6.45) is 90.1. The van der Waals surface area contributed by atoms with Crippen LogP contribution in [0.5, 0.6) is 0 Å². The van der Waals surface area contributed by atoms with Crippen LogP contribution in [-0.2, 0) is 28.6 Å². The lowest BCUT2D eigenvalue weighted by Crippen LogP contribution is -2.30. The van der Waals surface area contributed by atoms with Crippen LogP contribution in [0.2, 0.25) is 0 Å². The average molecular weight is 1150 g/mol. The molecule has 0 aromatic heterocycles. The molecule has 0 saturated carbocycles. The molecule has 0 bridgehead atoms. The van der Waals surface area contributed by atoms with Crippen LogP contribution in [0.15, 0.2) is 48.6 Å². The van der Waals surface area contributed by atoms with Crippen molar-refractivity contribution in [2.24, 2.45) is 0 Å². The molecule has 0 spiro atoms. The van der Waals surface area contributed by atoms with Gasteiger partial charge in [-0.3, -0.25) is 14.4 Å². The predicted octanol–water partition coefficient (Wildman–Crippen LogP) is 25.3. The van der Waals surface area contributed by atoms with E-state index < -0.39 is 6.10 Å². The van der Waals surface area contributed by atoms with E-state index in [9.17, 15) is 14.4 Å². The molecule has 0 heterocycles. The predicted molar refractivity (Wildman–Crippen MR) is 358 cm³/mol. The topological polar surface area (TPSA) is 78.9 Å². The summed E-state index contributed by atoms with van der Waals surface area (Å²) in [5, 5.41) is 0. The first kappa shape index (κ1) is 79.4. The number of hydrogen-bond acceptors (Lipinski definition) is 6. The van der Waals surface area contributed by atoms with Crippen LogP contribution in [0.4, 0.5) is 0 Å². The molecule has 480 valence electrons. The Morgan fingerprint density at radius 1 is 0.256 bits per heavy atom. The molecule has 0 radical (unpaired) electrons. The molecule has 0 aromatic rings. The van der Waals surface area contributed by atoms with Gasteiger partial charge in [-0.1, -0.05) is 371 Å². The summed E-state index contributed by atoms with van der Waals surface area (Å²) in [5.41, 5.74) is 0. The van der Waals surface area contributed by atoms with E-state index >= 15 is 0 Å². The first-order valence-corrected chi connectivity index (χ1v) is 36.6. The molecule has 0 N–H and O–H groups in total. The second-order valence-corrected chi connectivity index (χ2v) is 24.8. The van der Waals surface area contributed by atoms with E-state index in [1.807, 2.05) is 0 Å². The van der Waals surface area contributed by atoms with Crippen molar-refractivity contribution >= 4 is 17.9 Å². The quantitative estimate of drug-likeness (QED) is 0.0261. The summed E-state index contributed by atoms with van der Waals surface area (Å²) < 4.78 is 17.0. The Morgan fingerprint density at radius 2 is 0.476 bits per heavy atom. The number of hydrogen-bond donors (Lipinski definition) is 0. The summed E-state index contributed by atoms with van der Waals surface area (Å²) in [6.45, 7) is 6.60. The third-order valence-electron chi connectivity index (χ3n) is 16.6. The number of carbonyl (C=O) groups is 3. The van der Waals surface area contributed by atoms with E-state index in [1.54, 1.807) is 0 Å². The van der Waals surface area contributed by atoms with Gasteiger partial charge in [-0.25, -0.2) is 0 Å². The average Bonchev–Trinajstić information content (AvgIpc) is 3.47. The normalized spacial score (nSPS) is 12.3. The zero-order valence-corrected chi connectivity index (χ0v) is 55.3. The highest BCUT2D eigenvalue weighted by Gasteiger charge is 2.19. The van der Waals surface area contributed by atoms with Gasteiger partial charge >= 0.3 is 17.9 Å². The number of carbonyl (C=O) groups excluding carboxylic acids is 3. The molecule has 0 aliphatic rings. The van der Waals surface area contributed by atoms with Crippen LogP contribution >= 0.6 is 0 Å². The minimum absolute atomic E-state index is 0.0688. The molecule has 0 aliphatic heterocycles. The first-order valence-electron chi connectivity index (χ1n) is 36.6. The van der Waals surface area contributed by atoms with Gasteiger partial charge in [-0.15, -0.1) is 0 Å². The number of esters is 3. The minimum Gasteiger partial charge on any atom is -0.462 e. The Bertz CT molecular complexity index is 1410. The van der Waals surface area contributed by atoms with Crippen molar-refractivity contribution in [2.45, 2.75) is 406 Å². The van der Waals surface area contributed by atoms with Gasteiger partial charge in [0.1, 0.15) is 13.2 Å². The summed E-state index contributed by atoms with van der Waals surface area (Å²) >= 11 is 0. The summed E-state index contributed by atoms with van der Waals surface area (Å²) in [5.74, 6) is -0.843. The zero-order chi connectivity index (χ0) is 59.2. The van der Waals surface area contributed by atoms with Gasteiger partial charge < -0.3 is 14.2 Å². The fourth-order valence-electron chi connectivity index (χ4n) is 11.1. The molecule has 0 aromatic carbocycles. The minimum atomic E-state index is -0.774. The van der Waals surface area contributed by atoms with E-state index in [0.717, 1.165) is 83.5 Å². The van der Waals surface area contributed by atoms with Crippen LogP contribution in [0.3, 0.4) is 0 Å². The Kier molecular flexibility index (Phi) is 68.6. The molecular weight excluding hydrogens is 1010 g/mol. The van der Waals surface area contributed by atoms with Crippen molar-refractivity contribution in [1.82, 2.24) is 0 Å². The molecular formula is C76H140O6. The van der Waals surface area contributed by atoms with Crippen molar-refractivity contribution in [3.8, 4) is 0 Å². The number of ether oxygens (including phenoxy) is 3. The lowest BCUT2D eigenvalue weighted by molar-refractivity contribution is -0.167. The third kappa shape index (κ3) is 68.2. The Morgan fingerprint density at radius 3 is 0.744 bits per heavy atom. The largest absolute Gasteiger partial charge is 0.462 e. The lowest BCUT2D eigenvalue weighted by Gasteiger charge is -2.18. The van der Waals surface area contributed by atoms with Gasteiger partial charge in [0.2, 0.25) is 0 Å². The van der Waals surface area contributed by atoms with Gasteiger partial charge in [0.15, 0.2) is 6.10 Å². The smallest absolute Gasteiger partial charge is 0.306 e. The standard InChI is InChI=1S/C76H140O6/c1-4-7-10-13-16-19-22-25-28-30-32-34-36-37-38-39-41-42-44-46-48-51-54-57-60-63-66-69-75(78)81-72-73(71-80-74(77)68-65-62-59-56-53-50-27-24-21-18-15-12-9-6-3)82-76(79)70-67-64-61-58-55-52-49-47-45-43-40-35-33-31-29-26-23-20-17-14-11-8-5-2/h8,11,17,20,26,29,33,35,73H,4-7,9-10,12-16,18-19,21-25,27-28,30-32,34,36-72H2,1-3H3/b11-8-,20-17-,29-26-,35-33-. The second kappa shape index (κ2) is 70.9. The number of allylic oxidation sites excluding steroid dienone is 8. The molecule has 0 rings (SSSR count). The van der Waals surface area contributed by atoms with Gasteiger partial charge in [0, 0.05) is 19.3 Å².